The molecule has 0 bridgehead atoms. The summed E-state index contributed by atoms with van der Waals surface area (Å²) in [5.74, 6) is 0.706. The van der Waals surface area contributed by atoms with Gasteiger partial charge in [0, 0.05) is 54.7 Å². The zero-order valence-electron chi connectivity index (χ0n) is 20.8. The van der Waals surface area contributed by atoms with Crippen LogP contribution in [-0.4, -0.2) is 62.2 Å². The average Bonchev–Trinajstić information content (AvgIpc) is 2.94. The fourth-order valence-corrected chi connectivity index (χ4v) is 4.52. The lowest BCUT2D eigenvalue weighted by atomic mass is 10.1. The van der Waals surface area contributed by atoms with E-state index in [4.69, 9.17) is 44.9 Å². The first-order chi connectivity index (χ1) is 18.3. The largest absolute Gasteiger partial charge is 0.497 e. The molecule has 2 amide bonds. The van der Waals surface area contributed by atoms with Gasteiger partial charge < -0.3 is 24.6 Å². The number of nitrogens with zero attached hydrogens (tertiary/aromatic N) is 2. The molecule has 3 aromatic carbocycles. The van der Waals surface area contributed by atoms with E-state index in [1.54, 1.807) is 44.6 Å². The number of hydrogen-bond acceptors (Lipinski definition) is 6. The summed E-state index contributed by atoms with van der Waals surface area (Å²) in [6.45, 7) is 2.56. The Kier molecular flexibility index (Phi) is 8.93. The third-order valence-corrected chi connectivity index (χ3v) is 7.01. The van der Waals surface area contributed by atoms with Crippen LogP contribution in [0.4, 0.5) is 11.4 Å². The Balaban J connectivity index is 1.30. The molecule has 38 heavy (non-hydrogen) atoms. The van der Waals surface area contributed by atoms with Gasteiger partial charge >= 0.3 is 0 Å². The highest BCUT2D eigenvalue weighted by Gasteiger charge is 2.23. The van der Waals surface area contributed by atoms with Gasteiger partial charge in [0.15, 0.2) is 5.11 Å². The molecule has 1 heterocycles. The smallest absolute Gasteiger partial charge is 0.257 e. The number of piperazine rings is 1. The topological polar surface area (TPSA) is 83.1 Å². The maximum atomic E-state index is 13.1. The molecule has 8 nitrogen and oxygen atoms in total. The van der Waals surface area contributed by atoms with E-state index in [-0.39, 0.29) is 11.0 Å². The lowest BCUT2D eigenvalue weighted by Crippen LogP contribution is -2.48. The summed E-state index contributed by atoms with van der Waals surface area (Å²) in [4.78, 5) is 29.5. The monoisotopic (exact) mass is 572 g/mol. The van der Waals surface area contributed by atoms with Gasteiger partial charge in [0.25, 0.3) is 11.8 Å². The highest BCUT2D eigenvalue weighted by atomic mass is 35.5. The molecule has 2 N–H and O–H groups in total. The van der Waals surface area contributed by atoms with Gasteiger partial charge in [-0.3, -0.25) is 14.9 Å². The Morgan fingerprint density at radius 3 is 2.03 bits per heavy atom. The van der Waals surface area contributed by atoms with Crippen LogP contribution in [0.3, 0.4) is 0 Å². The van der Waals surface area contributed by atoms with Crippen LogP contribution < -0.4 is 25.0 Å². The minimum Gasteiger partial charge on any atom is -0.497 e. The molecule has 0 saturated carbocycles. The zero-order valence-corrected chi connectivity index (χ0v) is 23.1. The van der Waals surface area contributed by atoms with E-state index in [0.29, 0.717) is 58.9 Å². The molecular weight excluding hydrogens is 547 g/mol. The number of anilines is 2. The Hall–Kier alpha value is -3.53. The lowest BCUT2D eigenvalue weighted by Gasteiger charge is -2.36. The van der Waals surface area contributed by atoms with Crippen LogP contribution in [0.5, 0.6) is 11.5 Å². The summed E-state index contributed by atoms with van der Waals surface area (Å²) < 4.78 is 10.6. The summed E-state index contributed by atoms with van der Waals surface area (Å²) >= 11 is 17.2. The number of amides is 2. The molecular formula is C27H26Cl2N4O4S. The predicted octanol–water partition coefficient (Wildman–Crippen LogP) is 5.10. The van der Waals surface area contributed by atoms with Crippen molar-refractivity contribution in [3.8, 4) is 11.5 Å². The van der Waals surface area contributed by atoms with Gasteiger partial charge in [-0.15, -0.1) is 0 Å². The van der Waals surface area contributed by atoms with Crippen molar-refractivity contribution in [1.29, 1.82) is 0 Å². The van der Waals surface area contributed by atoms with Gasteiger partial charge in [-0.1, -0.05) is 23.2 Å². The van der Waals surface area contributed by atoms with E-state index >= 15 is 0 Å². The van der Waals surface area contributed by atoms with Crippen LogP contribution in [0.2, 0.25) is 10.0 Å². The molecule has 3 aromatic rings. The van der Waals surface area contributed by atoms with E-state index < -0.39 is 5.91 Å². The number of halogens is 2. The van der Waals surface area contributed by atoms with Gasteiger partial charge in [-0.2, -0.15) is 0 Å². The molecule has 198 valence electrons. The van der Waals surface area contributed by atoms with Crippen molar-refractivity contribution in [3.05, 3.63) is 81.8 Å². The second kappa shape index (κ2) is 12.3. The molecule has 4 rings (SSSR count). The van der Waals surface area contributed by atoms with Crippen LogP contribution in [0.1, 0.15) is 20.7 Å². The molecule has 0 aliphatic carbocycles. The number of hydrogen-bond donors (Lipinski definition) is 2. The van der Waals surface area contributed by atoms with E-state index in [2.05, 4.69) is 15.5 Å². The van der Waals surface area contributed by atoms with Crippen molar-refractivity contribution in [2.24, 2.45) is 0 Å². The summed E-state index contributed by atoms with van der Waals surface area (Å²) in [5, 5.41) is 6.46. The van der Waals surface area contributed by atoms with Gasteiger partial charge in [-0.25, -0.2) is 0 Å². The van der Waals surface area contributed by atoms with Crippen molar-refractivity contribution >= 4 is 63.7 Å². The lowest BCUT2D eigenvalue weighted by molar-refractivity contribution is 0.0745. The van der Waals surface area contributed by atoms with Crippen LogP contribution in [-0.2, 0) is 0 Å². The van der Waals surface area contributed by atoms with Crippen molar-refractivity contribution < 1.29 is 19.1 Å². The fraction of sp³-hybridized carbons (Fsp3) is 0.222. The SMILES string of the molecule is COc1cc(OC)cc(C(=O)N2CCN(c3ccc(NC(=S)NC(=O)c4ccc(Cl)c(Cl)c4)cc3)CC2)c1. The van der Waals surface area contributed by atoms with Crippen molar-refractivity contribution in [2.75, 3.05) is 50.6 Å². The van der Waals surface area contributed by atoms with E-state index in [1.807, 2.05) is 29.2 Å². The first-order valence-corrected chi connectivity index (χ1v) is 12.9. The summed E-state index contributed by atoms with van der Waals surface area (Å²) in [5.41, 5.74) is 2.64. The molecule has 0 spiro atoms. The first-order valence-electron chi connectivity index (χ1n) is 11.7. The second-order valence-electron chi connectivity index (χ2n) is 8.46. The average molecular weight is 574 g/mol. The standard InChI is InChI=1S/C27H26Cl2N4O4S/c1-36-21-13-18(14-22(16-21)37-2)26(35)33-11-9-32(10-12-33)20-6-4-19(5-7-20)30-27(38)31-25(34)17-3-8-23(28)24(29)15-17/h3-8,13-16H,9-12H2,1-2H3,(H2,30,31,34,38). The second-order valence-corrected chi connectivity index (χ2v) is 9.69. The number of rotatable bonds is 6. The van der Waals surface area contributed by atoms with Gasteiger partial charge in [0.05, 0.1) is 24.3 Å². The summed E-state index contributed by atoms with van der Waals surface area (Å²) in [7, 11) is 3.12. The number of carbonyl (C=O) groups is 2. The molecule has 1 fully saturated rings. The van der Waals surface area contributed by atoms with Crippen molar-refractivity contribution in [2.45, 2.75) is 0 Å². The van der Waals surface area contributed by atoms with Crippen molar-refractivity contribution in [1.82, 2.24) is 10.2 Å². The van der Waals surface area contributed by atoms with Crippen molar-refractivity contribution in [3.63, 3.8) is 0 Å². The molecule has 1 saturated heterocycles. The highest BCUT2D eigenvalue weighted by molar-refractivity contribution is 7.80. The number of nitrogens with one attached hydrogen (secondary N) is 2. The molecule has 1 aliphatic heterocycles. The van der Waals surface area contributed by atoms with Crippen LogP contribution in [0, 0.1) is 0 Å². The minimum atomic E-state index is -0.391. The molecule has 11 heteroatoms. The fourth-order valence-electron chi connectivity index (χ4n) is 4.01. The Morgan fingerprint density at radius 1 is 0.816 bits per heavy atom. The number of thiocarbonyl (C=S) groups is 1. The number of carbonyl (C=O) groups excluding carboxylic acids is 2. The molecule has 0 atom stereocenters. The zero-order chi connectivity index (χ0) is 27.2. The normalized spacial score (nSPS) is 13.1. The van der Waals surface area contributed by atoms with E-state index in [9.17, 15) is 9.59 Å². The Morgan fingerprint density at radius 2 is 1.45 bits per heavy atom. The number of methoxy groups -OCH3 is 2. The predicted molar refractivity (Wildman–Crippen MR) is 154 cm³/mol. The third-order valence-electron chi connectivity index (χ3n) is 6.06. The van der Waals surface area contributed by atoms with Gasteiger partial charge in [0.2, 0.25) is 0 Å². The van der Waals surface area contributed by atoms with Crippen LogP contribution >= 0.6 is 35.4 Å². The van der Waals surface area contributed by atoms with E-state index in [1.165, 1.54) is 6.07 Å². The molecule has 1 aliphatic rings. The first kappa shape index (κ1) is 27.5. The Bertz CT molecular complexity index is 1320. The van der Waals surface area contributed by atoms with Gasteiger partial charge in [-0.05, 0) is 66.8 Å². The van der Waals surface area contributed by atoms with Crippen LogP contribution in [0.25, 0.3) is 0 Å². The van der Waals surface area contributed by atoms with Crippen LogP contribution in [0.15, 0.2) is 60.7 Å². The number of benzene rings is 3. The number of ether oxygens (including phenoxy) is 2. The molecule has 0 unspecified atom stereocenters. The molecule has 0 radical (unpaired) electrons. The molecule has 0 aromatic heterocycles. The minimum absolute atomic E-state index is 0.0576. The maximum absolute atomic E-state index is 13.1. The van der Waals surface area contributed by atoms with Gasteiger partial charge in [0.1, 0.15) is 11.5 Å². The summed E-state index contributed by atoms with van der Waals surface area (Å²) in [6.07, 6.45) is 0. The third kappa shape index (κ3) is 6.66. The Labute approximate surface area is 236 Å². The summed E-state index contributed by atoms with van der Waals surface area (Å²) in [6, 6.07) is 17.5. The highest BCUT2D eigenvalue weighted by Crippen LogP contribution is 2.25. The maximum Gasteiger partial charge on any atom is 0.257 e. The quantitative estimate of drug-likeness (QED) is 0.397. The van der Waals surface area contributed by atoms with E-state index in [0.717, 1.165) is 11.4 Å².